The number of para-hydroxylation sites is 1. The Balaban J connectivity index is 1.78. The Kier molecular flexibility index (Phi) is 5.04. The number of rotatable bonds is 6. The van der Waals surface area contributed by atoms with Crippen molar-refractivity contribution in [2.75, 3.05) is 4.31 Å². The van der Waals surface area contributed by atoms with Crippen molar-refractivity contribution in [2.24, 2.45) is 0 Å². The number of aliphatic carboxylic acids is 1. The fourth-order valence-electron chi connectivity index (χ4n) is 3.34. The molecule has 4 rings (SSSR count). The number of carboxylic acid groups (broad SMARTS) is 1. The second-order valence-electron chi connectivity index (χ2n) is 6.52. The van der Waals surface area contributed by atoms with Crippen molar-refractivity contribution in [3.8, 4) is 0 Å². The summed E-state index contributed by atoms with van der Waals surface area (Å²) in [7, 11) is 0. The van der Waals surface area contributed by atoms with Crippen LogP contribution in [0.15, 0.2) is 71.1 Å². The number of hydrogen-bond donors (Lipinski definition) is 2. The number of benzene rings is 3. The number of furan rings is 1. The van der Waals surface area contributed by atoms with E-state index < -0.39 is 29.1 Å². The first kappa shape index (κ1) is 19.1. The van der Waals surface area contributed by atoms with Crippen LogP contribution in [0.2, 0.25) is 0 Å². The van der Waals surface area contributed by atoms with Gasteiger partial charge in [0.15, 0.2) is 0 Å². The number of carboxylic acids is 1. The highest BCUT2D eigenvalue weighted by molar-refractivity contribution is 7.80. The maximum absolute atomic E-state index is 13.2. The molecule has 0 amide bonds. The van der Waals surface area contributed by atoms with E-state index in [9.17, 15) is 23.1 Å². The van der Waals surface area contributed by atoms with Gasteiger partial charge in [-0.3, -0.25) is 8.86 Å². The van der Waals surface area contributed by atoms with E-state index in [2.05, 4.69) is 0 Å². The lowest BCUT2D eigenvalue weighted by molar-refractivity contribution is -0.138. The Bertz CT molecular complexity index is 1220. The van der Waals surface area contributed by atoms with E-state index in [0.717, 1.165) is 9.69 Å². The Hall–Kier alpha value is -3.23. The average molecular weight is 413 g/mol. The fraction of sp³-hybridized carbons (Fsp3) is 0.0952. The molecule has 148 valence electrons. The molecule has 0 fully saturated rings. The number of nitrogens with zero attached hydrogens (tertiary/aromatic N) is 1. The van der Waals surface area contributed by atoms with Crippen molar-refractivity contribution in [3.63, 3.8) is 0 Å². The van der Waals surface area contributed by atoms with E-state index in [-0.39, 0.29) is 12.1 Å². The van der Waals surface area contributed by atoms with Crippen molar-refractivity contribution in [2.45, 2.75) is 12.5 Å². The van der Waals surface area contributed by atoms with Gasteiger partial charge in [-0.05, 0) is 42.0 Å². The second kappa shape index (κ2) is 7.65. The Morgan fingerprint density at radius 1 is 1.03 bits per heavy atom. The molecule has 0 bridgehead atoms. The summed E-state index contributed by atoms with van der Waals surface area (Å²) in [5.74, 6) is -1.71. The zero-order valence-corrected chi connectivity index (χ0v) is 15.8. The molecule has 6 nitrogen and oxygen atoms in total. The summed E-state index contributed by atoms with van der Waals surface area (Å²) < 4.78 is 41.8. The van der Waals surface area contributed by atoms with E-state index in [4.69, 9.17) is 4.42 Å². The van der Waals surface area contributed by atoms with Crippen LogP contribution in [0.25, 0.3) is 21.9 Å². The van der Waals surface area contributed by atoms with Crippen molar-refractivity contribution in [3.05, 3.63) is 78.1 Å². The molecule has 0 radical (unpaired) electrons. The van der Waals surface area contributed by atoms with E-state index in [1.54, 1.807) is 18.2 Å². The van der Waals surface area contributed by atoms with Crippen LogP contribution in [0, 0.1) is 5.82 Å². The highest BCUT2D eigenvalue weighted by atomic mass is 32.2. The molecule has 0 aliphatic heterocycles. The molecular formula is C21H16FNO5S. The predicted molar refractivity (Wildman–Crippen MR) is 108 cm³/mol. The van der Waals surface area contributed by atoms with Crippen LogP contribution in [0.1, 0.15) is 5.56 Å². The largest absolute Gasteiger partial charge is 0.480 e. The first-order valence-corrected chi connectivity index (χ1v) is 9.79. The highest BCUT2D eigenvalue weighted by Crippen LogP contribution is 2.33. The lowest BCUT2D eigenvalue weighted by atomic mass is 10.1. The van der Waals surface area contributed by atoms with Gasteiger partial charge in [-0.25, -0.2) is 13.4 Å². The third-order valence-electron chi connectivity index (χ3n) is 4.69. The molecule has 0 aliphatic rings. The normalized spacial score (nSPS) is 13.4. The quantitative estimate of drug-likeness (QED) is 0.458. The minimum absolute atomic E-state index is 0.0773. The van der Waals surface area contributed by atoms with Crippen LogP contribution >= 0.6 is 0 Å². The van der Waals surface area contributed by atoms with Gasteiger partial charge in [0.2, 0.25) is 0 Å². The topological polar surface area (TPSA) is 91.0 Å². The molecule has 1 aromatic heterocycles. The van der Waals surface area contributed by atoms with Gasteiger partial charge in [0.05, 0.1) is 5.69 Å². The summed E-state index contributed by atoms with van der Waals surface area (Å²) in [5, 5.41) is 11.3. The van der Waals surface area contributed by atoms with Crippen LogP contribution in [-0.2, 0) is 22.5 Å². The average Bonchev–Trinajstić information content (AvgIpc) is 3.07. The van der Waals surface area contributed by atoms with E-state index in [1.807, 2.05) is 24.3 Å². The molecule has 2 N–H and O–H groups in total. The smallest absolute Gasteiger partial charge is 0.327 e. The summed E-state index contributed by atoms with van der Waals surface area (Å²) in [4.78, 5) is 11.9. The molecule has 4 aromatic rings. The van der Waals surface area contributed by atoms with Gasteiger partial charge >= 0.3 is 5.97 Å². The number of anilines is 1. The first-order valence-electron chi connectivity index (χ1n) is 8.73. The SMILES string of the molecule is O=C(O)C(Cc1ccc(F)cc1)N(c1ccc2oc3ccccc3c2c1)S(=O)O. The Morgan fingerprint density at radius 3 is 2.41 bits per heavy atom. The Labute approximate surface area is 167 Å². The predicted octanol–water partition coefficient (Wildman–Crippen LogP) is 4.36. The number of halogens is 1. The van der Waals surface area contributed by atoms with E-state index >= 15 is 0 Å². The van der Waals surface area contributed by atoms with Crippen molar-refractivity contribution < 1.29 is 27.5 Å². The van der Waals surface area contributed by atoms with Crippen molar-refractivity contribution in [1.29, 1.82) is 0 Å². The zero-order valence-electron chi connectivity index (χ0n) is 15.0. The van der Waals surface area contributed by atoms with Gasteiger partial charge in [0.1, 0.15) is 23.0 Å². The van der Waals surface area contributed by atoms with E-state index in [0.29, 0.717) is 22.1 Å². The minimum Gasteiger partial charge on any atom is -0.480 e. The van der Waals surface area contributed by atoms with Crippen LogP contribution in [-0.4, -0.2) is 25.9 Å². The first-order chi connectivity index (χ1) is 13.9. The highest BCUT2D eigenvalue weighted by Gasteiger charge is 2.31. The van der Waals surface area contributed by atoms with Crippen molar-refractivity contribution >= 4 is 44.9 Å². The Morgan fingerprint density at radius 2 is 1.72 bits per heavy atom. The van der Waals surface area contributed by atoms with Crippen LogP contribution in [0.3, 0.4) is 0 Å². The molecular weight excluding hydrogens is 397 g/mol. The van der Waals surface area contributed by atoms with Gasteiger partial charge in [0, 0.05) is 17.2 Å². The van der Waals surface area contributed by atoms with E-state index in [1.165, 1.54) is 24.3 Å². The molecule has 0 spiro atoms. The lowest BCUT2D eigenvalue weighted by Crippen LogP contribution is -2.44. The molecule has 0 saturated heterocycles. The van der Waals surface area contributed by atoms with Crippen LogP contribution in [0.5, 0.6) is 0 Å². The molecule has 2 atom stereocenters. The molecule has 1 heterocycles. The molecule has 8 heteroatoms. The van der Waals surface area contributed by atoms with Gasteiger partial charge in [-0.15, -0.1) is 0 Å². The number of hydrogen-bond acceptors (Lipinski definition) is 3. The van der Waals surface area contributed by atoms with Crippen LogP contribution in [0.4, 0.5) is 10.1 Å². The lowest BCUT2D eigenvalue weighted by Gasteiger charge is -2.27. The van der Waals surface area contributed by atoms with Crippen molar-refractivity contribution in [1.82, 2.24) is 0 Å². The third kappa shape index (κ3) is 3.72. The summed E-state index contributed by atoms with van der Waals surface area (Å²) in [6.07, 6.45) is -0.0773. The number of fused-ring (bicyclic) bond motifs is 3. The molecule has 0 saturated carbocycles. The van der Waals surface area contributed by atoms with Gasteiger partial charge < -0.3 is 9.52 Å². The molecule has 2 unspecified atom stereocenters. The number of carbonyl (C=O) groups is 1. The van der Waals surface area contributed by atoms with Crippen LogP contribution < -0.4 is 4.31 Å². The monoisotopic (exact) mass is 413 g/mol. The minimum atomic E-state index is -2.60. The summed E-state index contributed by atoms with van der Waals surface area (Å²) in [6.45, 7) is 0. The standard InChI is InChI=1S/C21H16FNO5S/c22-14-7-5-13(6-8-14)11-18(21(24)25)23(29(26)27)15-9-10-20-17(12-15)16-3-1-2-4-19(16)28-20/h1-10,12,18H,11H2,(H,24,25)(H,26,27). The zero-order chi connectivity index (χ0) is 20.5. The van der Waals surface area contributed by atoms with Gasteiger partial charge in [-0.2, -0.15) is 0 Å². The summed E-state index contributed by atoms with van der Waals surface area (Å²) >= 11 is -2.60. The molecule has 0 aliphatic carbocycles. The van der Waals surface area contributed by atoms with Gasteiger partial charge in [0.25, 0.3) is 11.3 Å². The maximum atomic E-state index is 13.2. The van der Waals surface area contributed by atoms with Gasteiger partial charge in [-0.1, -0.05) is 30.3 Å². The summed E-state index contributed by atoms with van der Waals surface area (Å²) in [6, 6.07) is 16.2. The summed E-state index contributed by atoms with van der Waals surface area (Å²) in [5.41, 5.74) is 2.05. The molecule has 29 heavy (non-hydrogen) atoms. The second-order valence-corrected chi connectivity index (χ2v) is 7.37. The fourth-order valence-corrected chi connectivity index (χ4v) is 4.02. The molecule has 3 aromatic carbocycles. The maximum Gasteiger partial charge on any atom is 0.327 e. The third-order valence-corrected chi connectivity index (χ3v) is 5.50.